The number of fused-ring (bicyclic) bond motifs is 1. The van der Waals surface area contributed by atoms with Gasteiger partial charge >= 0.3 is 0 Å². The number of rotatable bonds is 4. The van der Waals surface area contributed by atoms with Crippen LogP contribution in [0.3, 0.4) is 0 Å². The lowest BCUT2D eigenvalue weighted by Crippen LogP contribution is -2.43. The average molecular weight is 392 g/mol. The number of amides is 2. The van der Waals surface area contributed by atoms with Crippen LogP contribution in [0.1, 0.15) is 32.8 Å². The van der Waals surface area contributed by atoms with Gasteiger partial charge in [0, 0.05) is 29.2 Å². The molecule has 0 saturated heterocycles. The largest absolute Gasteiger partial charge is 0.497 e. The molecule has 0 spiro atoms. The van der Waals surface area contributed by atoms with Gasteiger partial charge in [-0.15, -0.1) is 11.3 Å². The van der Waals surface area contributed by atoms with Crippen LogP contribution in [0, 0.1) is 0 Å². The summed E-state index contributed by atoms with van der Waals surface area (Å²) in [7, 11) is 3.35. The van der Waals surface area contributed by atoms with Crippen molar-refractivity contribution < 1.29 is 14.3 Å². The monoisotopic (exact) mass is 392 g/mol. The molecule has 142 valence electrons. The number of ether oxygens (including phenoxy) is 1. The summed E-state index contributed by atoms with van der Waals surface area (Å²) in [5.74, 6) is -0.0643. The van der Waals surface area contributed by atoms with Crippen molar-refractivity contribution in [1.82, 2.24) is 4.90 Å². The smallest absolute Gasteiger partial charge is 0.254 e. The summed E-state index contributed by atoms with van der Waals surface area (Å²) < 4.78 is 5.25. The maximum atomic E-state index is 13.4. The molecule has 0 radical (unpaired) electrons. The standard InChI is InChI=1S/C22H20N2O3S/c1-24-20(18-11-6-12-28-18)19(16-9-3-4-10-17(16)22(24)26)21(25)23-14-7-5-8-15(13-14)27-2/h3-13,19-20H,1-2H3,(H,23,25)/t19-,20-/m1/s1. The van der Waals surface area contributed by atoms with Crippen molar-refractivity contribution in [2.45, 2.75) is 12.0 Å². The van der Waals surface area contributed by atoms with Crippen molar-refractivity contribution in [3.8, 4) is 5.75 Å². The molecule has 1 N–H and O–H groups in total. The molecule has 2 amide bonds. The first-order valence-electron chi connectivity index (χ1n) is 8.94. The summed E-state index contributed by atoms with van der Waals surface area (Å²) in [5, 5.41) is 4.97. The molecule has 4 rings (SSSR count). The minimum Gasteiger partial charge on any atom is -0.497 e. The SMILES string of the molecule is COc1cccc(NC(=O)[C@@H]2c3ccccc3C(=O)N(C)[C@@H]2c2cccs2)c1. The van der Waals surface area contributed by atoms with Gasteiger partial charge in [0.15, 0.2) is 0 Å². The fourth-order valence-corrected chi connectivity index (χ4v) is 4.60. The van der Waals surface area contributed by atoms with Crippen LogP contribution in [0.4, 0.5) is 5.69 Å². The molecule has 2 atom stereocenters. The number of nitrogens with one attached hydrogen (secondary N) is 1. The highest BCUT2D eigenvalue weighted by atomic mass is 32.1. The van der Waals surface area contributed by atoms with E-state index in [1.165, 1.54) is 0 Å². The molecule has 0 unspecified atom stereocenters. The Balaban J connectivity index is 1.77. The number of carbonyl (C=O) groups excluding carboxylic acids is 2. The Bertz CT molecular complexity index is 1020. The molecule has 2 heterocycles. The molecule has 3 aromatic rings. The third kappa shape index (κ3) is 3.16. The van der Waals surface area contributed by atoms with Crippen LogP contribution in [0.2, 0.25) is 0 Å². The Labute approximate surface area is 167 Å². The number of methoxy groups -OCH3 is 1. The second kappa shape index (κ2) is 7.48. The number of anilines is 1. The van der Waals surface area contributed by atoms with Crippen LogP contribution >= 0.6 is 11.3 Å². The topological polar surface area (TPSA) is 58.6 Å². The van der Waals surface area contributed by atoms with Gasteiger partial charge in [0.2, 0.25) is 5.91 Å². The number of hydrogen-bond acceptors (Lipinski definition) is 4. The molecule has 1 aromatic heterocycles. The van der Waals surface area contributed by atoms with Crippen LogP contribution in [0.25, 0.3) is 0 Å². The van der Waals surface area contributed by atoms with E-state index in [1.807, 2.05) is 53.9 Å². The molecule has 5 nitrogen and oxygen atoms in total. The van der Waals surface area contributed by atoms with Gasteiger partial charge in [0.25, 0.3) is 5.91 Å². The Kier molecular flexibility index (Phi) is 4.88. The molecular formula is C22H20N2O3S. The molecule has 0 bridgehead atoms. The van der Waals surface area contributed by atoms with Gasteiger partial charge in [-0.05, 0) is 35.2 Å². The zero-order chi connectivity index (χ0) is 19.7. The number of hydrogen-bond donors (Lipinski definition) is 1. The summed E-state index contributed by atoms with van der Waals surface area (Å²) in [4.78, 5) is 29.0. The Hall–Kier alpha value is -3.12. The Morgan fingerprint density at radius 2 is 1.93 bits per heavy atom. The number of nitrogens with zero attached hydrogens (tertiary/aromatic N) is 1. The second-order valence-corrected chi connectivity index (χ2v) is 7.64. The van der Waals surface area contributed by atoms with Gasteiger partial charge in [-0.3, -0.25) is 9.59 Å². The van der Waals surface area contributed by atoms with Gasteiger partial charge in [-0.1, -0.05) is 30.3 Å². The van der Waals surface area contributed by atoms with Crippen molar-refractivity contribution in [1.29, 1.82) is 0 Å². The Morgan fingerprint density at radius 1 is 1.11 bits per heavy atom. The molecule has 0 aliphatic carbocycles. The fraction of sp³-hybridized carbons (Fsp3) is 0.182. The zero-order valence-corrected chi connectivity index (χ0v) is 16.4. The van der Waals surface area contributed by atoms with E-state index >= 15 is 0 Å². The van der Waals surface area contributed by atoms with Gasteiger partial charge in [-0.2, -0.15) is 0 Å². The molecule has 1 aliphatic heterocycles. The average Bonchev–Trinajstić information content (AvgIpc) is 3.25. The van der Waals surface area contributed by atoms with Crippen LogP contribution < -0.4 is 10.1 Å². The first-order chi connectivity index (χ1) is 13.6. The number of likely N-dealkylation sites (N-methyl/N-ethyl adjacent to an activating group) is 1. The lowest BCUT2D eigenvalue weighted by molar-refractivity contribution is -0.119. The van der Waals surface area contributed by atoms with Gasteiger partial charge in [0.1, 0.15) is 5.75 Å². The van der Waals surface area contributed by atoms with E-state index in [4.69, 9.17) is 4.74 Å². The fourth-order valence-electron chi connectivity index (χ4n) is 3.69. The van der Waals surface area contributed by atoms with Crippen molar-refractivity contribution in [2.75, 3.05) is 19.5 Å². The predicted molar refractivity (Wildman–Crippen MR) is 110 cm³/mol. The lowest BCUT2D eigenvalue weighted by Gasteiger charge is -2.39. The minimum atomic E-state index is -0.510. The van der Waals surface area contributed by atoms with E-state index in [0.717, 1.165) is 10.4 Å². The van der Waals surface area contributed by atoms with Crippen molar-refractivity contribution in [3.63, 3.8) is 0 Å². The normalized spacial score (nSPS) is 18.5. The first kappa shape index (κ1) is 18.3. The van der Waals surface area contributed by atoms with E-state index in [1.54, 1.807) is 42.5 Å². The quantitative estimate of drug-likeness (QED) is 0.720. The molecule has 2 aromatic carbocycles. The molecular weight excluding hydrogens is 372 g/mol. The number of benzene rings is 2. The van der Waals surface area contributed by atoms with E-state index < -0.39 is 5.92 Å². The maximum absolute atomic E-state index is 13.4. The first-order valence-corrected chi connectivity index (χ1v) is 9.82. The molecule has 6 heteroatoms. The minimum absolute atomic E-state index is 0.0700. The van der Waals surface area contributed by atoms with E-state index in [0.29, 0.717) is 17.0 Å². The highest BCUT2D eigenvalue weighted by Gasteiger charge is 2.43. The summed E-state index contributed by atoms with van der Waals surface area (Å²) in [6.45, 7) is 0. The van der Waals surface area contributed by atoms with Gasteiger partial charge < -0.3 is 15.0 Å². The highest BCUT2D eigenvalue weighted by Crippen LogP contribution is 2.43. The predicted octanol–water partition coefficient (Wildman–Crippen LogP) is 4.31. The third-order valence-electron chi connectivity index (χ3n) is 5.03. The van der Waals surface area contributed by atoms with E-state index in [2.05, 4.69) is 5.32 Å². The molecule has 0 saturated carbocycles. The number of thiophene rings is 1. The van der Waals surface area contributed by atoms with Crippen molar-refractivity contribution >= 4 is 28.8 Å². The summed E-state index contributed by atoms with van der Waals surface area (Å²) in [6.07, 6.45) is 0. The van der Waals surface area contributed by atoms with Crippen LogP contribution in [0.5, 0.6) is 5.75 Å². The summed E-state index contributed by atoms with van der Waals surface area (Å²) >= 11 is 1.55. The summed E-state index contributed by atoms with van der Waals surface area (Å²) in [5.41, 5.74) is 1.99. The molecule has 1 aliphatic rings. The maximum Gasteiger partial charge on any atom is 0.254 e. The summed E-state index contributed by atoms with van der Waals surface area (Å²) in [6, 6.07) is 18.2. The van der Waals surface area contributed by atoms with Gasteiger partial charge in [0.05, 0.1) is 19.1 Å². The Morgan fingerprint density at radius 3 is 2.68 bits per heavy atom. The van der Waals surface area contributed by atoms with E-state index in [-0.39, 0.29) is 17.9 Å². The highest BCUT2D eigenvalue weighted by molar-refractivity contribution is 7.10. The number of carbonyl (C=O) groups is 2. The van der Waals surface area contributed by atoms with Crippen molar-refractivity contribution in [2.24, 2.45) is 0 Å². The second-order valence-electron chi connectivity index (χ2n) is 6.66. The molecule has 0 fully saturated rings. The van der Waals surface area contributed by atoms with Gasteiger partial charge in [-0.25, -0.2) is 0 Å². The van der Waals surface area contributed by atoms with Crippen LogP contribution in [-0.2, 0) is 4.79 Å². The zero-order valence-electron chi connectivity index (χ0n) is 15.6. The lowest BCUT2D eigenvalue weighted by atomic mass is 9.81. The van der Waals surface area contributed by atoms with Crippen LogP contribution in [0.15, 0.2) is 66.0 Å². The third-order valence-corrected chi connectivity index (χ3v) is 5.98. The van der Waals surface area contributed by atoms with Crippen molar-refractivity contribution in [3.05, 3.63) is 82.0 Å². The van der Waals surface area contributed by atoms with E-state index in [9.17, 15) is 9.59 Å². The molecule has 28 heavy (non-hydrogen) atoms. The van der Waals surface area contributed by atoms with Crippen LogP contribution in [-0.4, -0.2) is 30.9 Å².